The number of imide groups is 1. The van der Waals surface area contributed by atoms with E-state index in [2.05, 4.69) is 10.6 Å². The SMILES string of the molecule is CC(C)(COC1CCCCO1)C(N)=CC(=O)NC(=O)C(C)(C)NCCC(F)(F)F. The van der Waals surface area contributed by atoms with E-state index in [0.717, 1.165) is 25.3 Å². The van der Waals surface area contributed by atoms with Crippen LogP contribution in [0.2, 0.25) is 0 Å². The van der Waals surface area contributed by atoms with Crippen molar-refractivity contribution in [1.29, 1.82) is 0 Å². The first-order chi connectivity index (χ1) is 13.2. The van der Waals surface area contributed by atoms with Gasteiger partial charge in [0.15, 0.2) is 6.29 Å². The van der Waals surface area contributed by atoms with E-state index in [-0.39, 0.29) is 18.6 Å². The highest BCUT2D eigenvalue weighted by Crippen LogP contribution is 2.25. The molecule has 1 aliphatic rings. The molecule has 29 heavy (non-hydrogen) atoms. The summed E-state index contributed by atoms with van der Waals surface area (Å²) in [7, 11) is 0. The summed E-state index contributed by atoms with van der Waals surface area (Å²) < 4.78 is 47.9. The lowest BCUT2D eigenvalue weighted by Crippen LogP contribution is -2.54. The summed E-state index contributed by atoms with van der Waals surface area (Å²) in [5.41, 5.74) is 4.18. The van der Waals surface area contributed by atoms with E-state index in [9.17, 15) is 22.8 Å². The number of rotatable bonds is 9. The lowest BCUT2D eigenvalue weighted by Gasteiger charge is -2.30. The van der Waals surface area contributed by atoms with E-state index in [1.54, 1.807) is 13.8 Å². The number of hydrogen-bond donors (Lipinski definition) is 3. The van der Waals surface area contributed by atoms with Gasteiger partial charge in [0.25, 0.3) is 5.91 Å². The molecule has 0 aromatic heterocycles. The van der Waals surface area contributed by atoms with Crippen LogP contribution >= 0.6 is 0 Å². The zero-order valence-electron chi connectivity index (χ0n) is 17.4. The minimum atomic E-state index is -4.33. The second kappa shape index (κ2) is 10.4. The third-order valence-electron chi connectivity index (χ3n) is 4.62. The maximum atomic E-state index is 12.2. The quantitative estimate of drug-likeness (QED) is 0.492. The van der Waals surface area contributed by atoms with Crippen LogP contribution in [-0.4, -0.2) is 49.6 Å². The summed E-state index contributed by atoms with van der Waals surface area (Å²) in [6.45, 7) is 6.80. The van der Waals surface area contributed by atoms with Crippen LogP contribution in [0, 0.1) is 5.41 Å². The van der Waals surface area contributed by atoms with Gasteiger partial charge in [-0.3, -0.25) is 14.9 Å². The summed E-state index contributed by atoms with van der Waals surface area (Å²) in [6.07, 6.45) is -1.80. The first-order valence-electron chi connectivity index (χ1n) is 9.61. The fourth-order valence-corrected chi connectivity index (χ4v) is 2.47. The number of ether oxygens (including phenoxy) is 2. The van der Waals surface area contributed by atoms with Crippen LogP contribution in [0.15, 0.2) is 11.8 Å². The van der Waals surface area contributed by atoms with E-state index in [1.165, 1.54) is 13.8 Å². The lowest BCUT2D eigenvalue weighted by atomic mass is 9.90. The second-order valence-corrected chi connectivity index (χ2v) is 8.33. The van der Waals surface area contributed by atoms with Crippen LogP contribution in [0.5, 0.6) is 0 Å². The van der Waals surface area contributed by atoms with Crippen molar-refractivity contribution in [2.24, 2.45) is 11.1 Å². The normalized spacial score (nSPS) is 19.1. The molecular weight excluding hydrogens is 391 g/mol. The number of nitrogens with one attached hydrogen (secondary N) is 2. The number of alkyl halides is 3. The summed E-state index contributed by atoms with van der Waals surface area (Å²) in [5, 5.41) is 4.62. The van der Waals surface area contributed by atoms with Gasteiger partial charge in [-0.15, -0.1) is 0 Å². The van der Waals surface area contributed by atoms with Gasteiger partial charge >= 0.3 is 6.18 Å². The van der Waals surface area contributed by atoms with Gasteiger partial charge in [-0.1, -0.05) is 13.8 Å². The topological polar surface area (TPSA) is 103 Å². The number of carbonyl (C=O) groups is 2. The molecule has 168 valence electrons. The Kier molecular flexibility index (Phi) is 9.10. The molecule has 7 nitrogen and oxygen atoms in total. The maximum absolute atomic E-state index is 12.2. The molecule has 1 atom stereocenters. The molecule has 0 bridgehead atoms. The third-order valence-corrected chi connectivity index (χ3v) is 4.62. The molecule has 1 heterocycles. The van der Waals surface area contributed by atoms with E-state index in [4.69, 9.17) is 15.2 Å². The number of nitrogens with two attached hydrogens (primary N) is 1. The van der Waals surface area contributed by atoms with Gasteiger partial charge in [0.1, 0.15) is 0 Å². The molecule has 0 spiro atoms. The van der Waals surface area contributed by atoms with Crippen molar-refractivity contribution in [3.8, 4) is 0 Å². The Bertz CT molecular complexity index is 598. The van der Waals surface area contributed by atoms with Gasteiger partial charge in [0.05, 0.1) is 18.6 Å². The van der Waals surface area contributed by atoms with Crippen molar-refractivity contribution in [2.75, 3.05) is 19.8 Å². The van der Waals surface area contributed by atoms with Crippen molar-refractivity contribution < 1.29 is 32.2 Å². The second-order valence-electron chi connectivity index (χ2n) is 8.33. The smallest absolute Gasteiger partial charge is 0.390 e. The fourth-order valence-electron chi connectivity index (χ4n) is 2.47. The predicted octanol–water partition coefficient (Wildman–Crippen LogP) is 2.36. The van der Waals surface area contributed by atoms with Gasteiger partial charge in [-0.05, 0) is 33.1 Å². The molecule has 0 aromatic carbocycles. The number of hydrogen-bond acceptors (Lipinski definition) is 6. The molecule has 1 aliphatic heterocycles. The zero-order valence-corrected chi connectivity index (χ0v) is 17.4. The molecular formula is C19H32F3N3O4. The number of amides is 2. The van der Waals surface area contributed by atoms with Crippen molar-refractivity contribution in [2.45, 2.75) is 71.4 Å². The molecule has 0 saturated carbocycles. The molecule has 2 amide bonds. The molecule has 0 aliphatic carbocycles. The van der Waals surface area contributed by atoms with E-state index >= 15 is 0 Å². The summed E-state index contributed by atoms with van der Waals surface area (Å²) in [5.74, 6) is -1.50. The average molecular weight is 423 g/mol. The fraction of sp³-hybridized carbons (Fsp3) is 0.789. The van der Waals surface area contributed by atoms with E-state index in [0.29, 0.717) is 6.61 Å². The van der Waals surface area contributed by atoms with Crippen LogP contribution in [0.4, 0.5) is 13.2 Å². The first kappa shape index (κ1) is 25.4. The van der Waals surface area contributed by atoms with Gasteiger partial charge in [-0.25, -0.2) is 0 Å². The molecule has 0 aromatic rings. The van der Waals surface area contributed by atoms with Gasteiger partial charge in [0, 0.05) is 30.3 Å². The molecule has 1 fully saturated rings. The van der Waals surface area contributed by atoms with Crippen molar-refractivity contribution in [3.05, 3.63) is 11.8 Å². The molecule has 4 N–H and O–H groups in total. The molecule has 0 radical (unpaired) electrons. The Morgan fingerprint density at radius 3 is 2.41 bits per heavy atom. The largest absolute Gasteiger partial charge is 0.401 e. The third kappa shape index (κ3) is 9.60. The van der Waals surface area contributed by atoms with Crippen LogP contribution in [0.3, 0.4) is 0 Å². The Labute approximate surface area is 169 Å². The predicted molar refractivity (Wildman–Crippen MR) is 101 cm³/mol. The Balaban J connectivity index is 2.55. The Morgan fingerprint density at radius 2 is 1.86 bits per heavy atom. The van der Waals surface area contributed by atoms with Crippen LogP contribution in [0.1, 0.15) is 53.4 Å². The molecule has 1 unspecified atom stereocenters. The van der Waals surface area contributed by atoms with E-state index in [1.807, 2.05) is 0 Å². The summed E-state index contributed by atoms with van der Waals surface area (Å²) >= 11 is 0. The van der Waals surface area contributed by atoms with Gasteiger partial charge in [0.2, 0.25) is 5.91 Å². The maximum Gasteiger partial charge on any atom is 0.390 e. The zero-order chi connectivity index (χ0) is 22.3. The average Bonchev–Trinajstić information content (AvgIpc) is 2.59. The highest BCUT2D eigenvalue weighted by molar-refractivity contribution is 6.04. The highest BCUT2D eigenvalue weighted by atomic mass is 19.4. The van der Waals surface area contributed by atoms with Crippen LogP contribution in [0.25, 0.3) is 0 Å². The standard InChI is InChI=1S/C19H32F3N3O4/c1-17(2,12-29-15-7-5-6-10-28-15)13(23)11-14(26)25-16(27)18(3,4)24-9-8-19(20,21)22/h11,15,24H,5-10,12,23H2,1-4H3,(H,25,26,27). The highest BCUT2D eigenvalue weighted by Gasteiger charge is 2.32. The minimum absolute atomic E-state index is 0.210. The van der Waals surface area contributed by atoms with Gasteiger partial charge < -0.3 is 20.5 Å². The van der Waals surface area contributed by atoms with Crippen molar-refractivity contribution in [3.63, 3.8) is 0 Å². The summed E-state index contributed by atoms with van der Waals surface area (Å²) in [4.78, 5) is 24.3. The lowest BCUT2D eigenvalue weighted by molar-refractivity contribution is -0.173. The number of halogens is 3. The van der Waals surface area contributed by atoms with E-state index < -0.39 is 41.9 Å². The summed E-state index contributed by atoms with van der Waals surface area (Å²) in [6, 6.07) is 0. The monoisotopic (exact) mass is 423 g/mol. The van der Waals surface area contributed by atoms with Crippen LogP contribution < -0.4 is 16.4 Å². The molecule has 1 rings (SSSR count). The Hall–Kier alpha value is -1.65. The molecule has 10 heteroatoms. The molecule has 1 saturated heterocycles. The van der Waals surface area contributed by atoms with Crippen LogP contribution in [-0.2, 0) is 19.1 Å². The minimum Gasteiger partial charge on any atom is -0.401 e. The Morgan fingerprint density at radius 1 is 1.21 bits per heavy atom. The van der Waals surface area contributed by atoms with Gasteiger partial charge in [-0.2, -0.15) is 13.2 Å². The van der Waals surface area contributed by atoms with Crippen molar-refractivity contribution >= 4 is 11.8 Å². The van der Waals surface area contributed by atoms with Crippen molar-refractivity contribution in [1.82, 2.24) is 10.6 Å². The number of carbonyl (C=O) groups excluding carboxylic acids is 2. The first-order valence-corrected chi connectivity index (χ1v) is 9.61.